The molecule has 1 aromatic heterocycles. The summed E-state index contributed by atoms with van der Waals surface area (Å²) in [5.41, 5.74) is -0.171. The second-order valence-electron chi connectivity index (χ2n) is 4.05. The van der Waals surface area contributed by atoms with Gasteiger partial charge in [0.1, 0.15) is 30.2 Å². The van der Waals surface area contributed by atoms with Crippen LogP contribution in [0.4, 0.5) is 11.4 Å². The quantitative estimate of drug-likeness (QED) is 0.397. The molecule has 0 bridgehead atoms. The van der Waals surface area contributed by atoms with Crippen molar-refractivity contribution < 1.29 is 25.0 Å². The van der Waals surface area contributed by atoms with Gasteiger partial charge in [0.15, 0.2) is 6.23 Å². The van der Waals surface area contributed by atoms with Gasteiger partial charge in [-0.25, -0.2) is 0 Å². The fourth-order valence-corrected chi connectivity index (χ4v) is 1.83. The molecule has 0 saturated carbocycles. The van der Waals surface area contributed by atoms with Gasteiger partial charge in [0.25, 0.3) is 0 Å². The van der Waals surface area contributed by atoms with Crippen LogP contribution in [-0.4, -0.2) is 56.4 Å². The van der Waals surface area contributed by atoms with Gasteiger partial charge in [0, 0.05) is 6.20 Å². The van der Waals surface area contributed by atoms with Gasteiger partial charge >= 0.3 is 5.69 Å². The molecule has 0 aliphatic carbocycles. The molecule has 1 aliphatic rings. The summed E-state index contributed by atoms with van der Waals surface area (Å²) < 4.78 is 5.17. The second-order valence-corrected chi connectivity index (χ2v) is 4.05. The topological polar surface area (TPSA) is 138 Å². The lowest BCUT2D eigenvalue weighted by Crippen LogP contribution is -2.36. The van der Waals surface area contributed by atoms with E-state index in [-0.39, 0.29) is 11.4 Å². The largest absolute Gasteiger partial charge is 0.394 e. The normalized spacial score (nSPS) is 30.3. The minimum atomic E-state index is -1.30. The molecule has 2 heterocycles. The maximum absolute atomic E-state index is 10.8. The molecule has 0 aromatic carbocycles. The number of aromatic nitrogens is 1. The number of nitrogens with zero attached hydrogens (tertiary/aromatic N) is 2. The van der Waals surface area contributed by atoms with E-state index in [9.17, 15) is 20.3 Å². The molecule has 9 heteroatoms. The summed E-state index contributed by atoms with van der Waals surface area (Å²) in [4.78, 5) is 13.8. The Kier molecular flexibility index (Phi) is 3.90. The number of ether oxygens (including phenoxy) is 1. The summed E-state index contributed by atoms with van der Waals surface area (Å²) in [6.45, 7) is -0.463. The first kappa shape index (κ1) is 13.6. The number of hydrogen-bond donors (Lipinski definition) is 4. The van der Waals surface area contributed by atoms with Gasteiger partial charge in [-0.3, -0.25) is 15.1 Å². The van der Waals surface area contributed by atoms with Gasteiger partial charge in [-0.15, -0.1) is 0 Å². The highest BCUT2D eigenvalue weighted by Crippen LogP contribution is 2.27. The van der Waals surface area contributed by atoms with E-state index in [1.807, 2.05) is 0 Å². The molecule has 0 radical (unpaired) electrons. The van der Waals surface area contributed by atoms with Crippen LogP contribution in [0.3, 0.4) is 0 Å². The van der Waals surface area contributed by atoms with Crippen LogP contribution in [0.2, 0.25) is 0 Å². The van der Waals surface area contributed by atoms with Crippen molar-refractivity contribution >= 4 is 11.4 Å². The van der Waals surface area contributed by atoms with Crippen LogP contribution in [-0.2, 0) is 4.74 Å². The molecule has 1 aromatic rings. The van der Waals surface area contributed by atoms with Crippen molar-refractivity contribution in [3.63, 3.8) is 0 Å². The minimum absolute atomic E-state index is 0.106. The molecule has 4 atom stereocenters. The third-order valence-corrected chi connectivity index (χ3v) is 2.84. The molecule has 0 spiro atoms. The van der Waals surface area contributed by atoms with E-state index < -0.39 is 36.1 Å². The van der Waals surface area contributed by atoms with E-state index in [1.54, 1.807) is 0 Å². The van der Waals surface area contributed by atoms with E-state index in [2.05, 4.69) is 10.3 Å². The number of aliphatic hydroxyl groups excluding tert-OH is 3. The number of rotatable bonds is 4. The first-order chi connectivity index (χ1) is 9.04. The zero-order chi connectivity index (χ0) is 14.0. The van der Waals surface area contributed by atoms with Gasteiger partial charge in [-0.05, 0) is 6.07 Å². The second kappa shape index (κ2) is 5.45. The van der Waals surface area contributed by atoms with Gasteiger partial charge < -0.3 is 25.4 Å². The maximum atomic E-state index is 10.8. The smallest absolute Gasteiger partial charge is 0.310 e. The molecule has 104 valence electrons. The van der Waals surface area contributed by atoms with Crippen molar-refractivity contribution in [1.29, 1.82) is 0 Å². The summed E-state index contributed by atoms with van der Waals surface area (Å²) >= 11 is 0. The number of aliphatic hydroxyl groups is 3. The minimum Gasteiger partial charge on any atom is -0.394 e. The lowest BCUT2D eigenvalue weighted by molar-refractivity contribution is -0.384. The van der Waals surface area contributed by atoms with Crippen LogP contribution in [0, 0.1) is 10.1 Å². The first-order valence-corrected chi connectivity index (χ1v) is 5.52. The number of anilines is 1. The molecule has 0 unspecified atom stereocenters. The van der Waals surface area contributed by atoms with E-state index in [0.29, 0.717) is 0 Å². The van der Waals surface area contributed by atoms with Gasteiger partial charge in [-0.2, -0.15) is 0 Å². The molecule has 0 amide bonds. The highest BCUT2D eigenvalue weighted by atomic mass is 16.6. The van der Waals surface area contributed by atoms with Crippen LogP contribution in [0.1, 0.15) is 0 Å². The lowest BCUT2D eigenvalue weighted by atomic mass is 10.1. The average molecular weight is 271 g/mol. The van der Waals surface area contributed by atoms with Crippen molar-refractivity contribution in [2.75, 3.05) is 11.9 Å². The van der Waals surface area contributed by atoms with Crippen molar-refractivity contribution in [3.8, 4) is 0 Å². The first-order valence-electron chi connectivity index (χ1n) is 5.52. The predicted octanol–water partition coefficient (Wildman–Crippen LogP) is -1.16. The van der Waals surface area contributed by atoms with Crippen LogP contribution in [0.5, 0.6) is 0 Å². The fraction of sp³-hybridized carbons (Fsp3) is 0.500. The molecular formula is C10H13N3O6. The third kappa shape index (κ3) is 2.63. The zero-order valence-electron chi connectivity index (χ0n) is 9.71. The summed E-state index contributed by atoms with van der Waals surface area (Å²) in [6, 6.07) is 1.35. The molecule has 4 N–H and O–H groups in total. The highest BCUT2D eigenvalue weighted by molar-refractivity contribution is 5.60. The van der Waals surface area contributed by atoms with E-state index in [4.69, 9.17) is 9.84 Å². The number of nitro groups is 1. The van der Waals surface area contributed by atoms with E-state index in [1.165, 1.54) is 12.3 Å². The predicted molar refractivity (Wildman–Crippen MR) is 62.3 cm³/mol. The van der Waals surface area contributed by atoms with Gasteiger partial charge in [-0.1, -0.05) is 0 Å². The summed E-state index contributed by atoms with van der Waals surface area (Å²) in [7, 11) is 0. The van der Waals surface area contributed by atoms with E-state index >= 15 is 0 Å². The van der Waals surface area contributed by atoms with Gasteiger partial charge in [0.05, 0.1) is 11.5 Å². The van der Waals surface area contributed by atoms with E-state index in [0.717, 1.165) is 6.20 Å². The molecule has 19 heavy (non-hydrogen) atoms. The number of hydrogen-bond acceptors (Lipinski definition) is 8. The van der Waals surface area contributed by atoms with Crippen LogP contribution < -0.4 is 5.32 Å². The standard InChI is InChI=1S/C10H13N3O6/c14-4-7-8(15)9(16)10(19-7)12-5-1-2-11-3-6(5)13(17)18/h1-3,7-10,14-16H,4H2,(H,11,12)/t7-,8-,9-,10-/m1/s1. The van der Waals surface area contributed by atoms with Crippen molar-refractivity contribution in [3.05, 3.63) is 28.6 Å². The molecular weight excluding hydrogens is 258 g/mol. The average Bonchev–Trinajstić information content (AvgIpc) is 2.67. The molecule has 1 aliphatic heterocycles. The Morgan fingerprint density at radius 2 is 2.21 bits per heavy atom. The Morgan fingerprint density at radius 1 is 1.47 bits per heavy atom. The SMILES string of the molecule is O=[N+]([O-])c1cnccc1N[C@@H]1O[C@H](CO)[C@@H](O)[C@H]1O. The summed E-state index contributed by atoms with van der Waals surface area (Å²) in [6.07, 6.45) is -2.14. The summed E-state index contributed by atoms with van der Waals surface area (Å²) in [5, 5.41) is 41.6. The molecule has 1 fully saturated rings. The lowest BCUT2D eigenvalue weighted by Gasteiger charge is -2.17. The third-order valence-electron chi connectivity index (χ3n) is 2.84. The zero-order valence-corrected chi connectivity index (χ0v) is 9.71. The number of pyridine rings is 1. The Morgan fingerprint density at radius 3 is 2.79 bits per heavy atom. The van der Waals surface area contributed by atoms with Crippen molar-refractivity contribution in [1.82, 2.24) is 4.98 Å². The Hall–Kier alpha value is -1.81. The Balaban J connectivity index is 2.16. The van der Waals surface area contributed by atoms with Crippen LogP contribution >= 0.6 is 0 Å². The fourth-order valence-electron chi connectivity index (χ4n) is 1.83. The van der Waals surface area contributed by atoms with Crippen molar-refractivity contribution in [2.45, 2.75) is 24.5 Å². The van der Waals surface area contributed by atoms with Crippen LogP contribution in [0.15, 0.2) is 18.5 Å². The molecule has 1 saturated heterocycles. The molecule has 9 nitrogen and oxygen atoms in total. The molecule has 2 rings (SSSR count). The summed E-state index contributed by atoms with van der Waals surface area (Å²) in [5.74, 6) is 0. The number of nitrogens with one attached hydrogen (secondary N) is 1. The maximum Gasteiger partial charge on any atom is 0.310 e. The Bertz CT molecular complexity index is 470. The monoisotopic (exact) mass is 271 g/mol. The van der Waals surface area contributed by atoms with Crippen molar-refractivity contribution in [2.24, 2.45) is 0 Å². The van der Waals surface area contributed by atoms with Gasteiger partial charge in [0.2, 0.25) is 0 Å². The van der Waals surface area contributed by atoms with Crippen LogP contribution in [0.25, 0.3) is 0 Å². The highest BCUT2D eigenvalue weighted by Gasteiger charge is 2.42. The Labute approximate surface area is 107 Å².